The van der Waals surface area contributed by atoms with Crippen molar-refractivity contribution in [3.8, 4) is 5.75 Å². The first kappa shape index (κ1) is 12.7. The average Bonchev–Trinajstić information content (AvgIpc) is 2.39. The van der Waals surface area contributed by atoms with Gasteiger partial charge in [-0.25, -0.2) is 4.39 Å². The minimum atomic E-state index is -0.203. The summed E-state index contributed by atoms with van der Waals surface area (Å²) in [5.74, 6) is 0.875. The maximum absolute atomic E-state index is 13.1. The standard InChI is InChI=1S/C15H15BFO/c1-11(12-6-8-15(18-2)9-7-12)16-13-4-3-5-14(17)10-13/h3-11H,1-2H3. The molecule has 0 heterocycles. The third-order valence-corrected chi connectivity index (χ3v) is 2.93. The molecule has 0 saturated carbocycles. The third-order valence-electron chi connectivity index (χ3n) is 2.93. The molecule has 0 aliphatic rings. The molecule has 0 aliphatic heterocycles. The van der Waals surface area contributed by atoms with Crippen LogP contribution >= 0.6 is 0 Å². The van der Waals surface area contributed by atoms with Crippen LogP contribution in [0.5, 0.6) is 5.75 Å². The maximum Gasteiger partial charge on any atom is 0.160 e. The van der Waals surface area contributed by atoms with Crippen LogP contribution in [-0.4, -0.2) is 14.4 Å². The number of ether oxygens (including phenoxy) is 1. The zero-order valence-electron chi connectivity index (χ0n) is 10.6. The Labute approximate surface area is 108 Å². The van der Waals surface area contributed by atoms with Gasteiger partial charge in [0.1, 0.15) is 11.6 Å². The minimum absolute atomic E-state index is 0.203. The molecule has 0 fully saturated rings. The molecule has 0 bridgehead atoms. The molecule has 0 aliphatic carbocycles. The van der Waals surface area contributed by atoms with E-state index in [1.807, 2.05) is 37.6 Å². The van der Waals surface area contributed by atoms with Gasteiger partial charge in [0.15, 0.2) is 7.28 Å². The van der Waals surface area contributed by atoms with Gasteiger partial charge in [-0.05, 0) is 30.1 Å². The van der Waals surface area contributed by atoms with Crippen LogP contribution in [-0.2, 0) is 0 Å². The smallest absolute Gasteiger partial charge is 0.160 e. The molecular weight excluding hydrogens is 226 g/mol. The molecule has 18 heavy (non-hydrogen) atoms. The summed E-state index contributed by atoms with van der Waals surface area (Å²) >= 11 is 0. The number of hydrogen-bond donors (Lipinski definition) is 0. The van der Waals surface area contributed by atoms with E-state index in [0.717, 1.165) is 11.2 Å². The van der Waals surface area contributed by atoms with Crippen LogP contribution < -0.4 is 10.2 Å². The fourth-order valence-electron chi connectivity index (χ4n) is 1.90. The predicted molar refractivity (Wildman–Crippen MR) is 73.2 cm³/mol. The zero-order valence-corrected chi connectivity index (χ0v) is 10.6. The normalized spacial score (nSPS) is 11.9. The highest BCUT2D eigenvalue weighted by Gasteiger charge is 2.09. The molecule has 1 nitrogen and oxygen atoms in total. The van der Waals surface area contributed by atoms with Gasteiger partial charge >= 0.3 is 0 Å². The lowest BCUT2D eigenvalue weighted by molar-refractivity contribution is 0.414. The van der Waals surface area contributed by atoms with Gasteiger partial charge in [-0.2, -0.15) is 0 Å². The highest BCUT2D eigenvalue weighted by molar-refractivity contribution is 6.54. The number of hydrogen-bond acceptors (Lipinski definition) is 1. The Morgan fingerprint density at radius 3 is 2.44 bits per heavy atom. The lowest BCUT2D eigenvalue weighted by Crippen LogP contribution is -2.20. The average molecular weight is 241 g/mol. The van der Waals surface area contributed by atoms with E-state index in [1.54, 1.807) is 19.2 Å². The lowest BCUT2D eigenvalue weighted by atomic mass is 9.58. The highest BCUT2D eigenvalue weighted by atomic mass is 19.1. The van der Waals surface area contributed by atoms with E-state index in [4.69, 9.17) is 4.74 Å². The number of methoxy groups -OCH3 is 1. The van der Waals surface area contributed by atoms with Gasteiger partial charge in [0, 0.05) is 0 Å². The molecule has 91 valence electrons. The second-order valence-corrected chi connectivity index (χ2v) is 4.28. The van der Waals surface area contributed by atoms with Crippen LogP contribution in [0, 0.1) is 5.82 Å². The number of halogens is 1. The van der Waals surface area contributed by atoms with Gasteiger partial charge in [-0.3, -0.25) is 0 Å². The summed E-state index contributed by atoms with van der Waals surface area (Å²) in [6.45, 7) is 2.09. The first-order valence-corrected chi connectivity index (χ1v) is 5.93. The summed E-state index contributed by atoms with van der Waals surface area (Å²) in [4.78, 5) is 0. The molecule has 1 unspecified atom stereocenters. The quantitative estimate of drug-likeness (QED) is 0.748. The summed E-state index contributed by atoms with van der Waals surface area (Å²) in [6, 6.07) is 14.6. The third kappa shape index (κ3) is 3.13. The fourth-order valence-corrected chi connectivity index (χ4v) is 1.90. The topological polar surface area (TPSA) is 9.23 Å². The fraction of sp³-hybridized carbons (Fsp3) is 0.200. The Kier molecular flexibility index (Phi) is 4.03. The second-order valence-electron chi connectivity index (χ2n) is 4.28. The van der Waals surface area contributed by atoms with E-state index < -0.39 is 0 Å². The Morgan fingerprint density at radius 2 is 1.83 bits per heavy atom. The van der Waals surface area contributed by atoms with Gasteiger partial charge in [-0.15, -0.1) is 0 Å². The molecule has 0 saturated heterocycles. The van der Waals surface area contributed by atoms with Crippen molar-refractivity contribution >= 4 is 12.7 Å². The number of rotatable bonds is 4. The van der Waals surface area contributed by atoms with E-state index in [1.165, 1.54) is 11.6 Å². The predicted octanol–water partition coefficient (Wildman–Crippen LogP) is 2.93. The first-order valence-electron chi connectivity index (χ1n) is 5.93. The van der Waals surface area contributed by atoms with Gasteiger partial charge in [0.25, 0.3) is 0 Å². The molecule has 2 aromatic carbocycles. The summed E-state index contributed by atoms with van der Waals surface area (Å²) in [6.07, 6.45) is 0. The van der Waals surface area contributed by atoms with Gasteiger partial charge < -0.3 is 4.74 Å². The molecule has 2 aromatic rings. The van der Waals surface area contributed by atoms with Crippen molar-refractivity contribution in [2.24, 2.45) is 0 Å². The van der Waals surface area contributed by atoms with Crippen molar-refractivity contribution in [1.29, 1.82) is 0 Å². The lowest BCUT2D eigenvalue weighted by Gasteiger charge is -2.11. The Morgan fingerprint density at radius 1 is 1.11 bits per heavy atom. The Bertz CT molecular complexity index is 510. The first-order chi connectivity index (χ1) is 8.69. The molecule has 0 aromatic heterocycles. The van der Waals surface area contributed by atoms with E-state index >= 15 is 0 Å². The van der Waals surface area contributed by atoms with E-state index in [-0.39, 0.29) is 11.6 Å². The minimum Gasteiger partial charge on any atom is -0.497 e. The molecular formula is C15H15BFO. The molecule has 0 spiro atoms. The summed E-state index contributed by atoms with van der Waals surface area (Å²) in [7, 11) is 3.70. The van der Waals surface area contributed by atoms with Crippen molar-refractivity contribution in [1.82, 2.24) is 0 Å². The largest absolute Gasteiger partial charge is 0.497 e. The number of benzene rings is 2. The maximum atomic E-state index is 13.1. The van der Waals surface area contributed by atoms with Crippen LogP contribution in [0.25, 0.3) is 0 Å². The molecule has 1 atom stereocenters. The zero-order chi connectivity index (χ0) is 13.0. The van der Waals surface area contributed by atoms with Gasteiger partial charge in [-0.1, -0.05) is 42.2 Å². The van der Waals surface area contributed by atoms with Crippen molar-refractivity contribution < 1.29 is 9.13 Å². The molecule has 0 amide bonds. The second kappa shape index (κ2) is 5.72. The summed E-state index contributed by atoms with van der Waals surface area (Å²) < 4.78 is 18.2. The van der Waals surface area contributed by atoms with Crippen molar-refractivity contribution in [2.45, 2.75) is 12.7 Å². The molecule has 1 radical (unpaired) electrons. The van der Waals surface area contributed by atoms with Gasteiger partial charge in [0.05, 0.1) is 7.11 Å². The monoisotopic (exact) mass is 241 g/mol. The van der Waals surface area contributed by atoms with E-state index in [2.05, 4.69) is 6.92 Å². The summed E-state index contributed by atoms with van der Waals surface area (Å²) in [5, 5.41) is 0. The van der Waals surface area contributed by atoms with Gasteiger partial charge in [0.2, 0.25) is 0 Å². The van der Waals surface area contributed by atoms with Crippen molar-refractivity contribution in [2.75, 3.05) is 7.11 Å². The van der Waals surface area contributed by atoms with Crippen LogP contribution in [0.3, 0.4) is 0 Å². The van der Waals surface area contributed by atoms with E-state index in [0.29, 0.717) is 0 Å². The highest BCUT2D eigenvalue weighted by Crippen LogP contribution is 2.18. The van der Waals surface area contributed by atoms with Crippen LogP contribution in [0.4, 0.5) is 4.39 Å². The SMILES string of the molecule is COc1ccc(C(C)[B]c2cccc(F)c2)cc1. The van der Waals surface area contributed by atoms with Crippen LogP contribution in [0.15, 0.2) is 48.5 Å². The van der Waals surface area contributed by atoms with E-state index in [9.17, 15) is 4.39 Å². The van der Waals surface area contributed by atoms with Crippen LogP contribution in [0.2, 0.25) is 0 Å². The molecule has 0 N–H and O–H groups in total. The Balaban J connectivity index is 2.09. The Hall–Kier alpha value is -1.77. The summed E-state index contributed by atoms with van der Waals surface area (Å²) in [5.41, 5.74) is 2.08. The molecule has 2 rings (SSSR count). The van der Waals surface area contributed by atoms with Crippen LogP contribution in [0.1, 0.15) is 18.3 Å². The molecule has 3 heteroatoms. The van der Waals surface area contributed by atoms with Crippen molar-refractivity contribution in [3.63, 3.8) is 0 Å². The van der Waals surface area contributed by atoms with Crippen molar-refractivity contribution in [3.05, 3.63) is 59.9 Å².